The summed E-state index contributed by atoms with van der Waals surface area (Å²) in [5, 5.41) is 3.15. The average Bonchev–Trinajstić information content (AvgIpc) is 2.65. The Morgan fingerprint density at radius 2 is 2.25 bits per heavy atom. The third-order valence-corrected chi connectivity index (χ3v) is 3.67. The molecule has 0 spiro atoms. The van der Waals surface area contributed by atoms with Crippen LogP contribution in [0.15, 0.2) is 5.38 Å². The largest absolute Gasteiger partial charge is 0.462 e. The van der Waals surface area contributed by atoms with Gasteiger partial charge in [-0.3, -0.25) is 4.79 Å². The second-order valence-electron chi connectivity index (χ2n) is 4.07. The summed E-state index contributed by atoms with van der Waals surface area (Å²) in [5.41, 5.74) is 1.07. The molecule has 1 saturated heterocycles. The lowest BCUT2D eigenvalue weighted by atomic mass is 10.1. The van der Waals surface area contributed by atoms with Crippen molar-refractivity contribution >= 4 is 22.4 Å². The highest BCUT2D eigenvalue weighted by atomic mass is 32.1. The summed E-state index contributed by atoms with van der Waals surface area (Å²) in [7, 11) is 0. The Labute approximate surface area is 99.2 Å². The fourth-order valence-electron chi connectivity index (χ4n) is 1.89. The molecule has 0 aromatic carbocycles. The average molecular weight is 240 g/mol. The molecule has 5 heteroatoms. The monoisotopic (exact) mass is 240 g/mol. The zero-order valence-corrected chi connectivity index (χ0v) is 10.4. The minimum atomic E-state index is -0.177. The number of aromatic nitrogens is 1. The number of hydrogen-bond acceptors (Lipinski definition) is 5. The van der Waals surface area contributed by atoms with Gasteiger partial charge in [0.1, 0.15) is 6.10 Å². The fourth-order valence-corrected chi connectivity index (χ4v) is 2.74. The maximum absolute atomic E-state index is 10.8. The smallest absolute Gasteiger partial charge is 0.302 e. The van der Waals surface area contributed by atoms with Gasteiger partial charge in [-0.2, -0.15) is 0 Å². The summed E-state index contributed by atoms with van der Waals surface area (Å²) in [4.78, 5) is 17.5. The molecule has 0 saturated carbocycles. The molecule has 2 rings (SSSR count). The molecule has 0 aliphatic carbocycles. The maximum atomic E-state index is 10.8. The van der Waals surface area contributed by atoms with Gasteiger partial charge in [0.2, 0.25) is 0 Å². The molecule has 0 N–H and O–H groups in total. The quantitative estimate of drug-likeness (QED) is 0.741. The summed E-state index contributed by atoms with van der Waals surface area (Å²) < 4.78 is 5.20. The van der Waals surface area contributed by atoms with Crippen LogP contribution in [0.1, 0.15) is 25.5 Å². The van der Waals surface area contributed by atoms with Gasteiger partial charge < -0.3 is 9.64 Å². The summed E-state index contributed by atoms with van der Waals surface area (Å²) in [6, 6.07) is 0. The first-order valence-corrected chi connectivity index (χ1v) is 6.37. The van der Waals surface area contributed by atoms with Gasteiger partial charge in [0.25, 0.3) is 0 Å². The normalized spacial score (nSPS) is 17.5. The van der Waals surface area contributed by atoms with E-state index in [9.17, 15) is 4.79 Å². The number of carbonyl (C=O) groups excluding carboxylic acids is 1. The van der Waals surface area contributed by atoms with Crippen LogP contribution in [0.3, 0.4) is 0 Å². The number of anilines is 1. The van der Waals surface area contributed by atoms with Crippen molar-refractivity contribution in [2.24, 2.45) is 0 Å². The minimum absolute atomic E-state index is 0.0924. The van der Waals surface area contributed by atoms with Crippen molar-refractivity contribution in [1.82, 2.24) is 4.98 Å². The first-order valence-electron chi connectivity index (χ1n) is 5.49. The second-order valence-corrected chi connectivity index (χ2v) is 4.90. The Morgan fingerprint density at radius 1 is 1.56 bits per heavy atom. The SMILES string of the molecule is CC(=O)OC1CCN(c2nc(C)cs2)CC1. The number of ether oxygens (including phenoxy) is 1. The molecule has 0 atom stereocenters. The van der Waals surface area contributed by atoms with Crippen LogP contribution < -0.4 is 4.90 Å². The van der Waals surface area contributed by atoms with Crippen LogP contribution in [-0.4, -0.2) is 30.1 Å². The van der Waals surface area contributed by atoms with E-state index in [0.717, 1.165) is 36.8 Å². The number of esters is 1. The van der Waals surface area contributed by atoms with Gasteiger partial charge in [0.05, 0.1) is 5.69 Å². The molecule has 2 heterocycles. The lowest BCUT2D eigenvalue weighted by molar-refractivity contribution is -0.147. The van der Waals surface area contributed by atoms with Crippen molar-refractivity contribution < 1.29 is 9.53 Å². The number of thiazole rings is 1. The molecule has 1 aliphatic heterocycles. The number of carbonyl (C=O) groups is 1. The summed E-state index contributed by atoms with van der Waals surface area (Å²) >= 11 is 1.68. The zero-order chi connectivity index (χ0) is 11.5. The molecule has 1 aromatic rings. The van der Waals surface area contributed by atoms with Crippen LogP contribution in [0.4, 0.5) is 5.13 Å². The van der Waals surface area contributed by atoms with Gasteiger partial charge in [-0.1, -0.05) is 0 Å². The van der Waals surface area contributed by atoms with Gasteiger partial charge in [-0.25, -0.2) is 4.98 Å². The molecule has 0 amide bonds. The van der Waals surface area contributed by atoms with Crippen molar-refractivity contribution in [2.75, 3.05) is 18.0 Å². The highest BCUT2D eigenvalue weighted by Gasteiger charge is 2.22. The van der Waals surface area contributed by atoms with E-state index < -0.39 is 0 Å². The molecule has 16 heavy (non-hydrogen) atoms. The first kappa shape index (κ1) is 11.4. The molecule has 88 valence electrons. The van der Waals surface area contributed by atoms with Crippen LogP contribution >= 0.6 is 11.3 Å². The molecule has 1 aliphatic rings. The molecule has 1 aromatic heterocycles. The topological polar surface area (TPSA) is 42.4 Å². The molecule has 4 nitrogen and oxygen atoms in total. The second kappa shape index (κ2) is 4.82. The summed E-state index contributed by atoms with van der Waals surface area (Å²) in [6.07, 6.45) is 1.89. The third-order valence-electron chi connectivity index (χ3n) is 2.65. The molecule has 1 fully saturated rings. The van der Waals surface area contributed by atoms with Gasteiger partial charge in [0, 0.05) is 38.2 Å². The van der Waals surface area contributed by atoms with Crippen LogP contribution in [0.5, 0.6) is 0 Å². The van der Waals surface area contributed by atoms with E-state index >= 15 is 0 Å². The van der Waals surface area contributed by atoms with Gasteiger partial charge in [0.15, 0.2) is 5.13 Å². The van der Waals surface area contributed by atoms with Crippen LogP contribution in [0.25, 0.3) is 0 Å². The summed E-state index contributed by atoms with van der Waals surface area (Å²) in [6.45, 7) is 5.32. The number of aryl methyl sites for hydroxylation is 1. The zero-order valence-electron chi connectivity index (χ0n) is 9.60. The van der Waals surface area contributed by atoms with Crippen molar-refractivity contribution in [2.45, 2.75) is 32.8 Å². The molecular formula is C11H16N2O2S. The third kappa shape index (κ3) is 2.72. The minimum Gasteiger partial charge on any atom is -0.462 e. The van der Waals surface area contributed by atoms with E-state index in [1.807, 2.05) is 6.92 Å². The lowest BCUT2D eigenvalue weighted by Crippen LogP contribution is -2.37. The van der Waals surface area contributed by atoms with E-state index in [1.54, 1.807) is 11.3 Å². The Balaban J connectivity index is 1.87. The molecule has 0 radical (unpaired) electrons. The molecule has 0 bridgehead atoms. The van der Waals surface area contributed by atoms with E-state index in [1.165, 1.54) is 6.92 Å². The standard InChI is InChI=1S/C11H16N2O2S/c1-8-7-16-11(12-8)13-5-3-10(4-6-13)15-9(2)14/h7,10H,3-6H2,1-2H3. The number of rotatable bonds is 2. The Hall–Kier alpha value is -1.10. The van der Waals surface area contributed by atoms with E-state index in [4.69, 9.17) is 4.74 Å². The first-order chi connectivity index (χ1) is 7.65. The Kier molecular flexibility index (Phi) is 3.43. The van der Waals surface area contributed by atoms with Gasteiger partial charge in [-0.15, -0.1) is 11.3 Å². The van der Waals surface area contributed by atoms with Crippen molar-refractivity contribution in [3.8, 4) is 0 Å². The van der Waals surface area contributed by atoms with Crippen LogP contribution in [-0.2, 0) is 9.53 Å². The predicted molar refractivity (Wildman–Crippen MR) is 63.9 cm³/mol. The predicted octanol–water partition coefficient (Wildman–Crippen LogP) is 1.98. The molecule has 0 unspecified atom stereocenters. The fraction of sp³-hybridized carbons (Fsp3) is 0.636. The highest BCUT2D eigenvalue weighted by molar-refractivity contribution is 7.13. The van der Waals surface area contributed by atoms with E-state index in [-0.39, 0.29) is 12.1 Å². The van der Waals surface area contributed by atoms with E-state index in [0.29, 0.717) is 0 Å². The van der Waals surface area contributed by atoms with Gasteiger partial charge in [-0.05, 0) is 6.92 Å². The van der Waals surface area contributed by atoms with Gasteiger partial charge >= 0.3 is 5.97 Å². The Bertz CT molecular complexity index is 370. The summed E-state index contributed by atoms with van der Waals surface area (Å²) in [5.74, 6) is -0.177. The number of nitrogens with zero attached hydrogens (tertiary/aromatic N) is 2. The van der Waals surface area contributed by atoms with Crippen LogP contribution in [0, 0.1) is 6.92 Å². The van der Waals surface area contributed by atoms with Crippen molar-refractivity contribution in [3.05, 3.63) is 11.1 Å². The van der Waals surface area contributed by atoms with Crippen molar-refractivity contribution in [1.29, 1.82) is 0 Å². The number of hydrogen-bond donors (Lipinski definition) is 0. The maximum Gasteiger partial charge on any atom is 0.302 e. The lowest BCUT2D eigenvalue weighted by Gasteiger charge is -2.31. The highest BCUT2D eigenvalue weighted by Crippen LogP contribution is 2.24. The Morgan fingerprint density at radius 3 is 2.75 bits per heavy atom. The molecular weight excluding hydrogens is 224 g/mol. The van der Waals surface area contributed by atoms with Crippen molar-refractivity contribution in [3.63, 3.8) is 0 Å². The van der Waals surface area contributed by atoms with Crippen LogP contribution in [0.2, 0.25) is 0 Å². The van der Waals surface area contributed by atoms with E-state index in [2.05, 4.69) is 15.3 Å². The number of piperidine rings is 1.